The van der Waals surface area contributed by atoms with Gasteiger partial charge in [0.15, 0.2) is 0 Å². The second-order valence-electron chi connectivity index (χ2n) is 3.28. The molecule has 1 amide bonds. The largest absolute Gasteiger partial charge is 0.447 e. The van der Waals surface area contributed by atoms with Crippen LogP contribution in [0, 0.1) is 0 Å². The minimum atomic E-state index is -0.565. The SMILES string of the molecule is CC(C)OC(=O)Nc1c(N)cccc1Cl. The summed E-state index contributed by atoms with van der Waals surface area (Å²) in [7, 11) is 0. The van der Waals surface area contributed by atoms with Crippen LogP contribution in [-0.4, -0.2) is 12.2 Å². The molecular weight excluding hydrogens is 216 g/mol. The average Bonchev–Trinajstić information content (AvgIpc) is 2.10. The molecule has 15 heavy (non-hydrogen) atoms. The van der Waals surface area contributed by atoms with E-state index in [9.17, 15) is 4.79 Å². The third kappa shape index (κ3) is 3.32. The predicted molar refractivity (Wildman–Crippen MR) is 61.1 cm³/mol. The lowest BCUT2D eigenvalue weighted by Crippen LogP contribution is -2.18. The summed E-state index contributed by atoms with van der Waals surface area (Å²) < 4.78 is 4.90. The van der Waals surface area contributed by atoms with Gasteiger partial charge in [-0.3, -0.25) is 5.32 Å². The van der Waals surface area contributed by atoms with Gasteiger partial charge in [-0.05, 0) is 26.0 Å². The minimum absolute atomic E-state index is 0.186. The van der Waals surface area contributed by atoms with Crippen molar-refractivity contribution in [3.63, 3.8) is 0 Å². The quantitative estimate of drug-likeness (QED) is 0.765. The zero-order valence-electron chi connectivity index (χ0n) is 8.58. The number of hydrogen-bond acceptors (Lipinski definition) is 3. The standard InChI is InChI=1S/C10H13ClN2O2/c1-6(2)15-10(14)13-9-7(11)4-3-5-8(9)12/h3-6H,12H2,1-2H3,(H,13,14). The van der Waals surface area contributed by atoms with Crippen molar-refractivity contribution in [2.45, 2.75) is 20.0 Å². The first-order chi connectivity index (χ1) is 7.00. The van der Waals surface area contributed by atoms with E-state index < -0.39 is 6.09 Å². The van der Waals surface area contributed by atoms with E-state index >= 15 is 0 Å². The summed E-state index contributed by atoms with van der Waals surface area (Å²) in [6.45, 7) is 3.52. The van der Waals surface area contributed by atoms with Gasteiger partial charge in [0.25, 0.3) is 0 Å². The Hall–Kier alpha value is -1.42. The van der Waals surface area contributed by atoms with Gasteiger partial charge in [0, 0.05) is 0 Å². The fourth-order valence-electron chi connectivity index (χ4n) is 1.02. The van der Waals surface area contributed by atoms with E-state index in [1.165, 1.54) is 0 Å². The molecular formula is C10H13ClN2O2. The average molecular weight is 229 g/mol. The van der Waals surface area contributed by atoms with Crippen LogP contribution in [0.5, 0.6) is 0 Å². The first-order valence-corrected chi connectivity index (χ1v) is 4.90. The number of ether oxygens (including phenoxy) is 1. The van der Waals surface area contributed by atoms with Crippen molar-refractivity contribution in [3.05, 3.63) is 23.2 Å². The molecule has 1 rings (SSSR count). The number of nitrogens with two attached hydrogens (primary N) is 1. The molecule has 0 saturated carbocycles. The van der Waals surface area contributed by atoms with Crippen LogP contribution < -0.4 is 11.1 Å². The van der Waals surface area contributed by atoms with Gasteiger partial charge in [-0.15, -0.1) is 0 Å². The maximum absolute atomic E-state index is 11.3. The van der Waals surface area contributed by atoms with E-state index in [0.717, 1.165) is 0 Å². The molecule has 0 bridgehead atoms. The highest BCUT2D eigenvalue weighted by molar-refractivity contribution is 6.34. The number of carbonyl (C=O) groups excluding carboxylic acids is 1. The number of benzene rings is 1. The van der Waals surface area contributed by atoms with Crippen LogP contribution in [0.1, 0.15) is 13.8 Å². The molecule has 82 valence electrons. The van der Waals surface area contributed by atoms with Gasteiger partial charge in [-0.1, -0.05) is 17.7 Å². The molecule has 0 spiro atoms. The summed E-state index contributed by atoms with van der Waals surface area (Å²) in [4.78, 5) is 11.3. The topological polar surface area (TPSA) is 64.3 Å². The van der Waals surface area contributed by atoms with Crippen LogP contribution in [0.3, 0.4) is 0 Å². The molecule has 1 aromatic carbocycles. The lowest BCUT2D eigenvalue weighted by molar-refractivity contribution is 0.130. The minimum Gasteiger partial charge on any atom is -0.447 e. The Morgan fingerprint density at radius 2 is 2.20 bits per heavy atom. The summed E-state index contributed by atoms with van der Waals surface area (Å²) in [5.74, 6) is 0. The number of amides is 1. The van der Waals surface area contributed by atoms with Crippen molar-refractivity contribution >= 4 is 29.1 Å². The van der Waals surface area contributed by atoms with Gasteiger partial charge in [-0.2, -0.15) is 0 Å². The number of halogens is 1. The number of carbonyl (C=O) groups is 1. The molecule has 5 heteroatoms. The van der Waals surface area contributed by atoms with Crippen LogP contribution in [0.4, 0.5) is 16.2 Å². The molecule has 0 aromatic heterocycles. The van der Waals surface area contributed by atoms with Crippen molar-refractivity contribution in [2.24, 2.45) is 0 Å². The summed E-state index contributed by atoms with van der Waals surface area (Å²) in [6, 6.07) is 5.00. The number of nitrogens with one attached hydrogen (secondary N) is 1. The monoisotopic (exact) mass is 228 g/mol. The van der Waals surface area contributed by atoms with Gasteiger partial charge in [0.1, 0.15) is 0 Å². The van der Waals surface area contributed by atoms with Gasteiger partial charge in [0.2, 0.25) is 0 Å². The number of para-hydroxylation sites is 1. The van der Waals surface area contributed by atoms with Crippen molar-refractivity contribution in [2.75, 3.05) is 11.1 Å². The zero-order chi connectivity index (χ0) is 11.4. The summed E-state index contributed by atoms with van der Waals surface area (Å²) in [6.07, 6.45) is -0.751. The molecule has 0 aliphatic rings. The number of anilines is 2. The maximum Gasteiger partial charge on any atom is 0.411 e. The highest BCUT2D eigenvalue weighted by Crippen LogP contribution is 2.27. The molecule has 0 atom stereocenters. The van der Waals surface area contributed by atoms with E-state index in [-0.39, 0.29) is 6.10 Å². The molecule has 3 N–H and O–H groups in total. The number of rotatable bonds is 2. The highest BCUT2D eigenvalue weighted by Gasteiger charge is 2.10. The molecule has 0 unspecified atom stereocenters. The first-order valence-electron chi connectivity index (χ1n) is 4.52. The Morgan fingerprint density at radius 1 is 1.53 bits per heavy atom. The fraction of sp³-hybridized carbons (Fsp3) is 0.300. The van der Waals surface area contributed by atoms with Gasteiger partial charge in [-0.25, -0.2) is 4.79 Å². The Labute approximate surface area is 93.4 Å². The Bertz CT molecular complexity index is 346. The van der Waals surface area contributed by atoms with Crippen LogP contribution in [-0.2, 0) is 4.74 Å². The summed E-state index contributed by atoms with van der Waals surface area (Å²) >= 11 is 5.86. The Kier molecular flexibility index (Phi) is 3.80. The Balaban J connectivity index is 2.76. The molecule has 0 aliphatic heterocycles. The van der Waals surface area contributed by atoms with E-state index in [1.54, 1.807) is 32.0 Å². The van der Waals surface area contributed by atoms with Crippen molar-refractivity contribution in [1.29, 1.82) is 0 Å². The highest BCUT2D eigenvalue weighted by atomic mass is 35.5. The number of nitrogen functional groups attached to an aromatic ring is 1. The van der Waals surface area contributed by atoms with Gasteiger partial charge >= 0.3 is 6.09 Å². The lowest BCUT2D eigenvalue weighted by atomic mass is 10.3. The molecule has 0 heterocycles. The number of hydrogen-bond donors (Lipinski definition) is 2. The van der Waals surface area contributed by atoms with Gasteiger partial charge < -0.3 is 10.5 Å². The van der Waals surface area contributed by atoms with Crippen LogP contribution in [0.2, 0.25) is 5.02 Å². The zero-order valence-corrected chi connectivity index (χ0v) is 9.34. The van der Waals surface area contributed by atoms with Crippen molar-refractivity contribution in [1.82, 2.24) is 0 Å². The van der Waals surface area contributed by atoms with E-state index in [4.69, 9.17) is 22.1 Å². The normalized spacial score (nSPS) is 10.1. The Morgan fingerprint density at radius 3 is 2.73 bits per heavy atom. The molecule has 0 radical (unpaired) electrons. The molecule has 0 saturated heterocycles. The maximum atomic E-state index is 11.3. The van der Waals surface area contributed by atoms with E-state index in [1.807, 2.05) is 0 Å². The summed E-state index contributed by atoms with van der Waals surface area (Å²) in [5.41, 5.74) is 6.43. The molecule has 4 nitrogen and oxygen atoms in total. The molecule has 0 fully saturated rings. The van der Waals surface area contributed by atoms with Crippen molar-refractivity contribution in [3.8, 4) is 0 Å². The van der Waals surface area contributed by atoms with E-state index in [0.29, 0.717) is 16.4 Å². The predicted octanol–water partition coefficient (Wildman–Crippen LogP) is 2.88. The molecule has 1 aromatic rings. The smallest absolute Gasteiger partial charge is 0.411 e. The second kappa shape index (κ2) is 4.89. The van der Waals surface area contributed by atoms with Crippen LogP contribution in [0.15, 0.2) is 18.2 Å². The molecule has 0 aliphatic carbocycles. The third-order valence-electron chi connectivity index (χ3n) is 1.62. The van der Waals surface area contributed by atoms with E-state index in [2.05, 4.69) is 5.32 Å². The van der Waals surface area contributed by atoms with Crippen molar-refractivity contribution < 1.29 is 9.53 Å². The summed E-state index contributed by atoms with van der Waals surface area (Å²) in [5, 5.41) is 2.88. The van der Waals surface area contributed by atoms with Crippen LogP contribution in [0.25, 0.3) is 0 Å². The lowest BCUT2D eigenvalue weighted by Gasteiger charge is -2.12. The third-order valence-corrected chi connectivity index (χ3v) is 1.93. The second-order valence-corrected chi connectivity index (χ2v) is 3.69. The van der Waals surface area contributed by atoms with Gasteiger partial charge in [0.05, 0.1) is 22.5 Å². The van der Waals surface area contributed by atoms with Crippen LogP contribution >= 0.6 is 11.6 Å². The first kappa shape index (κ1) is 11.7. The fourth-order valence-corrected chi connectivity index (χ4v) is 1.25.